The predicted molar refractivity (Wildman–Crippen MR) is 81.5 cm³/mol. The fourth-order valence-corrected chi connectivity index (χ4v) is 2.52. The zero-order valence-corrected chi connectivity index (χ0v) is 12.6. The number of imidazole rings is 1. The van der Waals surface area contributed by atoms with E-state index in [-0.39, 0.29) is 5.02 Å². The quantitative estimate of drug-likeness (QED) is 0.891. The SMILES string of the molecule is CCCN(CC)CCn1c(N)nc2cc(F)c(Cl)cc21. The zero-order valence-electron chi connectivity index (χ0n) is 11.9. The molecule has 0 atom stereocenters. The summed E-state index contributed by atoms with van der Waals surface area (Å²) in [6.45, 7) is 7.95. The fraction of sp³-hybridized carbons (Fsp3) is 0.500. The molecule has 1 aromatic carbocycles. The highest BCUT2D eigenvalue weighted by Crippen LogP contribution is 2.24. The summed E-state index contributed by atoms with van der Waals surface area (Å²) in [5.41, 5.74) is 7.25. The normalized spacial score (nSPS) is 11.7. The summed E-state index contributed by atoms with van der Waals surface area (Å²) in [7, 11) is 0. The van der Waals surface area contributed by atoms with Crippen molar-refractivity contribution in [3.8, 4) is 0 Å². The number of rotatable bonds is 6. The third kappa shape index (κ3) is 3.04. The average molecular weight is 299 g/mol. The molecule has 0 bridgehead atoms. The number of nitrogen functional groups attached to an aromatic ring is 1. The summed E-state index contributed by atoms with van der Waals surface area (Å²) >= 11 is 5.84. The lowest BCUT2D eigenvalue weighted by molar-refractivity contribution is 0.278. The molecule has 20 heavy (non-hydrogen) atoms. The van der Waals surface area contributed by atoms with E-state index in [1.165, 1.54) is 6.07 Å². The van der Waals surface area contributed by atoms with Crippen molar-refractivity contribution in [2.24, 2.45) is 0 Å². The molecule has 1 heterocycles. The first-order valence-electron chi connectivity index (χ1n) is 6.89. The number of hydrogen-bond acceptors (Lipinski definition) is 3. The molecule has 0 aliphatic heterocycles. The Morgan fingerprint density at radius 3 is 2.75 bits per heavy atom. The molecule has 0 radical (unpaired) electrons. The molecular formula is C14H20ClFN4. The molecule has 0 spiro atoms. The second-order valence-corrected chi connectivity index (χ2v) is 5.22. The van der Waals surface area contributed by atoms with Crippen molar-refractivity contribution >= 4 is 28.6 Å². The van der Waals surface area contributed by atoms with Crippen molar-refractivity contribution < 1.29 is 4.39 Å². The van der Waals surface area contributed by atoms with Gasteiger partial charge < -0.3 is 15.2 Å². The highest BCUT2D eigenvalue weighted by atomic mass is 35.5. The monoisotopic (exact) mass is 298 g/mol. The van der Waals surface area contributed by atoms with Gasteiger partial charge in [-0.2, -0.15) is 0 Å². The summed E-state index contributed by atoms with van der Waals surface area (Å²) in [5.74, 6) is -0.0702. The second kappa shape index (κ2) is 6.41. The number of nitrogens with two attached hydrogens (primary N) is 1. The zero-order chi connectivity index (χ0) is 14.7. The Balaban J connectivity index is 2.25. The van der Waals surface area contributed by atoms with Crippen LogP contribution in [0, 0.1) is 5.82 Å². The molecule has 4 nitrogen and oxygen atoms in total. The lowest BCUT2D eigenvalue weighted by Crippen LogP contribution is -2.28. The Kier molecular flexibility index (Phi) is 4.83. The van der Waals surface area contributed by atoms with Gasteiger partial charge >= 0.3 is 0 Å². The maximum absolute atomic E-state index is 13.4. The second-order valence-electron chi connectivity index (χ2n) is 4.81. The number of nitrogens with zero attached hydrogens (tertiary/aromatic N) is 3. The summed E-state index contributed by atoms with van der Waals surface area (Å²) in [4.78, 5) is 6.53. The third-order valence-corrected chi connectivity index (χ3v) is 3.74. The molecule has 0 aliphatic carbocycles. The van der Waals surface area contributed by atoms with Crippen LogP contribution in [0.4, 0.5) is 10.3 Å². The number of hydrogen-bond donors (Lipinski definition) is 1. The van der Waals surface area contributed by atoms with E-state index in [0.717, 1.165) is 38.1 Å². The van der Waals surface area contributed by atoms with E-state index < -0.39 is 5.82 Å². The highest BCUT2D eigenvalue weighted by molar-refractivity contribution is 6.31. The fourth-order valence-electron chi connectivity index (χ4n) is 2.36. The van der Waals surface area contributed by atoms with E-state index in [4.69, 9.17) is 17.3 Å². The van der Waals surface area contributed by atoms with Crippen molar-refractivity contribution in [2.75, 3.05) is 25.4 Å². The van der Waals surface area contributed by atoms with E-state index in [1.807, 2.05) is 4.57 Å². The van der Waals surface area contributed by atoms with Crippen LogP contribution in [0.3, 0.4) is 0 Å². The molecule has 1 aromatic heterocycles. The average Bonchev–Trinajstić information content (AvgIpc) is 2.70. The standard InChI is InChI=1S/C14H20ClFN4/c1-3-5-19(4-2)6-7-20-13-8-10(15)11(16)9-12(13)18-14(20)17/h8-9H,3-7H2,1-2H3,(H2,17,18). The molecule has 6 heteroatoms. The van der Waals surface area contributed by atoms with Gasteiger partial charge in [-0.25, -0.2) is 9.37 Å². The van der Waals surface area contributed by atoms with Crippen LogP contribution in [-0.4, -0.2) is 34.1 Å². The van der Waals surface area contributed by atoms with Crippen LogP contribution in [0.25, 0.3) is 11.0 Å². The van der Waals surface area contributed by atoms with Gasteiger partial charge in [0.2, 0.25) is 5.95 Å². The lowest BCUT2D eigenvalue weighted by atomic mass is 10.3. The molecule has 2 aromatic rings. The minimum atomic E-state index is -0.468. The van der Waals surface area contributed by atoms with Crippen LogP contribution in [0.1, 0.15) is 20.3 Å². The first kappa shape index (κ1) is 15.1. The molecule has 0 fully saturated rings. The van der Waals surface area contributed by atoms with Gasteiger partial charge in [0, 0.05) is 19.2 Å². The Hall–Kier alpha value is -1.33. The van der Waals surface area contributed by atoms with Crippen LogP contribution in [-0.2, 0) is 6.54 Å². The maximum atomic E-state index is 13.4. The van der Waals surface area contributed by atoms with Crippen LogP contribution in [0.5, 0.6) is 0 Å². The summed E-state index contributed by atoms with van der Waals surface area (Å²) in [6, 6.07) is 2.92. The van der Waals surface area contributed by atoms with Gasteiger partial charge in [-0.15, -0.1) is 0 Å². The number of halogens is 2. The number of anilines is 1. The van der Waals surface area contributed by atoms with Gasteiger partial charge in [-0.1, -0.05) is 25.4 Å². The Morgan fingerprint density at radius 2 is 2.10 bits per heavy atom. The molecule has 0 saturated carbocycles. The van der Waals surface area contributed by atoms with Gasteiger partial charge in [-0.3, -0.25) is 0 Å². The topological polar surface area (TPSA) is 47.1 Å². The highest BCUT2D eigenvalue weighted by Gasteiger charge is 2.12. The number of fused-ring (bicyclic) bond motifs is 1. The minimum absolute atomic E-state index is 0.0968. The minimum Gasteiger partial charge on any atom is -0.369 e. The van der Waals surface area contributed by atoms with Gasteiger partial charge in [0.15, 0.2) is 0 Å². The molecular weight excluding hydrogens is 279 g/mol. The molecule has 110 valence electrons. The number of benzene rings is 1. The van der Waals surface area contributed by atoms with E-state index >= 15 is 0 Å². The van der Waals surface area contributed by atoms with Gasteiger partial charge in [0.25, 0.3) is 0 Å². The van der Waals surface area contributed by atoms with Crippen LogP contribution >= 0.6 is 11.6 Å². The van der Waals surface area contributed by atoms with Gasteiger partial charge in [0.05, 0.1) is 16.1 Å². The van der Waals surface area contributed by atoms with Crippen molar-refractivity contribution in [3.63, 3.8) is 0 Å². The molecule has 2 rings (SSSR count). The van der Waals surface area contributed by atoms with Crippen molar-refractivity contribution in [3.05, 3.63) is 23.0 Å². The van der Waals surface area contributed by atoms with Crippen LogP contribution in [0.2, 0.25) is 5.02 Å². The van der Waals surface area contributed by atoms with Crippen LogP contribution < -0.4 is 5.73 Å². The molecule has 0 amide bonds. The van der Waals surface area contributed by atoms with Gasteiger partial charge in [-0.05, 0) is 25.6 Å². The van der Waals surface area contributed by atoms with E-state index in [9.17, 15) is 4.39 Å². The van der Waals surface area contributed by atoms with Crippen LogP contribution in [0.15, 0.2) is 12.1 Å². The summed E-state index contributed by atoms with van der Waals surface area (Å²) in [6.07, 6.45) is 1.12. The van der Waals surface area contributed by atoms with E-state index in [2.05, 4.69) is 23.7 Å². The Morgan fingerprint density at radius 1 is 1.35 bits per heavy atom. The van der Waals surface area contributed by atoms with E-state index in [1.54, 1.807) is 6.07 Å². The smallest absolute Gasteiger partial charge is 0.201 e. The molecule has 0 unspecified atom stereocenters. The predicted octanol–water partition coefficient (Wildman–Crippen LogP) is 3.14. The van der Waals surface area contributed by atoms with Crippen molar-refractivity contribution in [2.45, 2.75) is 26.8 Å². The summed E-state index contributed by atoms with van der Waals surface area (Å²) in [5, 5.41) is 0.0968. The largest absolute Gasteiger partial charge is 0.369 e. The Labute approximate surface area is 123 Å². The van der Waals surface area contributed by atoms with Crippen molar-refractivity contribution in [1.29, 1.82) is 0 Å². The lowest BCUT2D eigenvalue weighted by Gasteiger charge is -2.20. The molecule has 2 N–H and O–H groups in total. The number of aromatic nitrogens is 2. The first-order valence-corrected chi connectivity index (χ1v) is 7.27. The van der Waals surface area contributed by atoms with Crippen molar-refractivity contribution in [1.82, 2.24) is 14.5 Å². The third-order valence-electron chi connectivity index (χ3n) is 3.45. The first-order chi connectivity index (χ1) is 9.56. The Bertz CT molecular complexity index is 596. The molecule has 0 saturated heterocycles. The number of likely N-dealkylation sites (N-methyl/N-ethyl adjacent to an activating group) is 1. The molecule has 0 aliphatic rings. The van der Waals surface area contributed by atoms with Gasteiger partial charge in [0.1, 0.15) is 5.82 Å². The van der Waals surface area contributed by atoms with E-state index in [0.29, 0.717) is 11.5 Å². The maximum Gasteiger partial charge on any atom is 0.201 e. The summed E-state index contributed by atoms with van der Waals surface area (Å²) < 4.78 is 15.3.